The summed E-state index contributed by atoms with van der Waals surface area (Å²) in [7, 11) is 0. The van der Waals surface area contributed by atoms with E-state index in [2.05, 4.69) is 22.3 Å². The lowest BCUT2D eigenvalue weighted by Crippen LogP contribution is -2.43. The van der Waals surface area contributed by atoms with Crippen LogP contribution in [0.4, 0.5) is 5.69 Å². The van der Waals surface area contributed by atoms with Crippen LogP contribution in [-0.4, -0.2) is 49.4 Å². The second-order valence-electron chi connectivity index (χ2n) is 6.52. The summed E-state index contributed by atoms with van der Waals surface area (Å²) < 4.78 is 22.3. The van der Waals surface area contributed by atoms with Crippen molar-refractivity contribution < 1.29 is 18.9 Å². The van der Waals surface area contributed by atoms with Gasteiger partial charge in [-0.05, 0) is 50.2 Å². The fraction of sp³-hybridized carbons (Fsp3) is 0.409. The van der Waals surface area contributed by atoms with Gasteiger partial charge in [-0.25, -0.2) is 0 Å². The molecule has 0 radical (unpaired) electrons. The Kier molecular flexibility index (Phi) is 8.10. The molecule has 1 N–H and O–H groups in total. The molecular formula is C22H28N2O4S. The van der Waals surface area contributed by atoms with Gasteiger partial charge in [0.1, 0.15) is 0 Å². The molecule has 1 heterocycles. The van der Waals surface area contributed by atoms with Crippen LogP contribution in [-0.2, 0) is 15.9 Å². The van der Waals surface area contributed by atoms with Gasteiger partial charge >= 0.3 is 0 Å². The van der Waals surface area contributed by atoms with Gasteiger partial charge in [0.15, 0.2) is 22.9 Å². The molecule has 0 saturated carbocycles. The van der Waals surface area contributed by atoms with Gasteiger partial charge in [0.25, 0.3) is 0 Å². The highest BCUT2D eigenvalue weighted by Crippen LogP contribution is 2.34. The molecule has 7 heteroatoms. The van der Waals surface area contributed by atoms with E-state index >= 15 is 0 Å². The number of benzene rings is 2. The summed E-state index contributed by atoms with van der Waals surface area (Å²) in [6.07, 6.45) is 0.534. The highest BCUT2D eigenvalue weighted by molar-refractivity contribution is 7.80. The van der Waals surface area contributed by atoms with E-state index in [1.807, 2.05) is 50.2 Å². The van der Waals surface area contributed by atoms with E-state index in [0.717, 1.165) is 30.2 Å². The third-order valence-electron chi connectivity index (χ3n) is 4.50. The first kappa shape index (κ1) is 21.4. The van der Waals surface area contributed by atoms with Gasteiger partial charge in [-0.3, -0.25) is 0 Å². The van der Waals surface area contributed by atoms with Crippen molar-refractivity contribution in [2.75, 3.05) is 38.4 Å². The van der Waals surface area contributed by atoms with Crippen LogP contribution in [0, 0.1) is 0 Å². The Balaban J connectivity index is 1.68. The minimum absolute atomic E-state index is 0.247. The SMILES string of the molecule is CCOC(CN(CCc1ccccc1)C(=S)Nc1ccc2c(c1)OCO2)OCC. The van der Waals surface area contributed by atoms with Crippen molar-refractivity contribution in [2.24, 2.45) is 0 Å². The van der Waals surface area contributed by atoms with Crippen molar-refractivity contribution >= 4 is 23.0 Å². The van der Waals surface area contributed by atoms with Crippen LogP contribution in [0.3, 0.4) is 0 Å². The summed E-state index contributed by atoms with van der Waals surface area (Å²) in [5.41, 5.74) is 2.11. The first-order chi connectivity index (χ1) is 14.2. The zero-order valence-corrected chi connectivity index (χ0v) is 17.7. The number of ether oxygens (including phenoxy) is 4. The van der Waals surface area contributed by atoms with Crippen LogP contribution in [0.15, 0.2) is 48.5 Å². The number of rotatable bonds is 10. The van der Waals surface area contributed by atoms with E-state index in [4.69, 9.17) is 31.2 Å². The monoisotopic (exact) mass is 416 g/mol. The predicted molar refractivity (Wildman–Crippen MR) is 118 cm³/mol. The molecule has 0 aliphatic carbocycles. The van der Waals surface area contributed by atoms with Crippen molar-refractivity contribution in [3.05, 3.63) is 54.1 Å². The molecule has 0 bridgehead atoms. The number of anilines is 1. The highest BCUT2D eigenvalue weighted by Gasteiger charge is 2.19. The maximum absolute atomic E-state index is 5.74. The lowest BCUT2D eigenvalue weighted by atomic mass is 10.1. The lowest BCUT2D eigenvalue weighted by molar-refractivity contribution is -0.141. The van der Waals surface area contributed by atoms with Gasteiger partial charge < -0.3 is 29.2 Å². The Labute approximate surface area is 177 Å². The molecule has 0 spiro atoms. The van der Waals surface area contributed by atoms with E-state index in [-0.39, 0.29) is 13.1 Å². The van der Waals surface area contributed by atoms with Crippen LogP contribution in [0.25, 0.3) is 0 Å². The molecular weight excluding hydrogens is 388 g/mol. The maximum atomic E-state index is 5.74. The van der Waals surface area contributed by atoms with E-state index < -0.39 is 0 Å². The van der Waals surface area contributed by atoms with E-state index in [1.54, 1.807) is 0 Å². The molecule has 2 aromatic carbocycles. The summed E-state index contributed by atoms with van der Waals surface area (Å²) in [4.78, 5) is 2.09. The average molecular weight is 417 g/mol. The fourth-order valence-electron chi connectivity index (χ4n) is 3.07. The molecule has 0 aromatic heterocycles. The van der Waals surface area contributed by atoms with Gasteiger partial charge in [0.05, 0.1) is 6.54 Å². The number of nitrogens with one attached hydrogen (secondary N) is 1. The van der Waals surface area contributed by atoms with Crippen molar-refractivity contribution in [2.45, 2.75) is 26.6 Å². The molecule has 0 unspecified atom stereocenters. The smallest absolute Gasteiger partial charge is 0.231 e. The second-order valence-corrected chi connectivity index (χ2v) is 6.91. The minimum atomic E-state index is -0.336. The molecule has 0 amide bonds. The largest absolute Gasteiger partial charge is 0.454 e. The molecule has 29 heavy (non-hydrogen) atoms. The van der Waals surface area contributed by atoms with Gasteiger partial charge in [-0.1, -0.05) is 30.3 Å². The summed E-state index contributed by atoms with van der Waals surface area (Å²) in [5, 5.41) is 3.92. The molecule has 0 fully saturated rings. The van der Waals surface area contributed by atoms with E-state index in [0.29, 0.717) is 24.9 Å². The standard InChI is InChI=1S/C22H28N2O4S/c1-3-25-21(26-4-2)15-24(13-12-17-8-6-5-7-9-17)22(29)23-18-10-11-19-20(14-18)28-16-27-19/h5-11,14,21H,3-4,12-13,15-16H2,1-2H3,(H,23,29). The summed E-state index contributed by atoms with van der Waals surface area (Å²) in [6, 6.07) is 16.1. The van der Waals surface area contributed by atoms with E-state index in [1.165, 1.54) is 5.56 Å². The van der Waals surface area contributed by atoms with Gasteiger partial charge in [0.2, 0.25) is 6.79 Å². The first-order valence-electron chi connectivity index (χ1n) is 9.92. The molecule has 0 atom stereocenters. The quantitative estimate of drug-likeness (QED) is 0.463. The molecule has 2 aromatic rings. The predicted octanol–water partition coefficient (Wildman–Crippen LogP) is 4.06. The van der Waals surface area contributed by atoms with Crippen LogP contribution in [0.5, 0.6) is 11.5 Å². The lowest BCUT2D eigenvalue weighted by Gasteiger charge is -2.30. The third-order valence-corrected chi connectivity index (χ3v) is 4.86. The number of thiocarbonyl (C=S) groups is 1. The normalized spacial score (nSPS) is 12.2. The topological polar surface area (TPSA) is 52.2 Å². The summed E-state index contributed by atoms with van der Waals surface area (Å²) in [6.45, 7) is 6.63. The summed E-state index contributed by atoms with van der Waals surface area (Å²) in [5.74, 6) is 1.46. The molecule has 156 valence electrons. The number of hydrogen-bond donors (Lipinski definition) is 1. The number of nitrogens with zero attached hydrogens (tertiary/aromatic N) is 1. The van der Waals surface area contributed by atoms with Crippen LogP contribution in [0.1, 0.15) is 19.4 Å². The van der Waals surface area contributed by atoms with Crippen LogP contribution in [0.2, 0.25) is 0 Å². The van der Waals surface area contributed by atoms with Crippen LogP contribution < -0.4 is 14.8 Å². The Bertz CT molecular complexity index is 782. The minimum Gasteiger partial charge on any atom is -0.454 e. The van der Waals surface area contributed by atoms with Gasteiger partial charge in [-0.2, -0.15) is 0 Å². The van der Waals surface area contributed by atoms with Crippen molar-refractivity contribution in [1.29, 1.82) is 0 Å². The molecule has 3 rings (SSSR count). The zero-order chi connectivity index (χ0) is 20.5. The van der Waals surface area contributed by atoms with Crippen LogP contribution >= 0.6 is 12.2 Å². The Morgan fingerprint density at radius 1 is 1.07 bits per heavy atom. The first-order valence-corrected chi connectivity index (χ1v) is 10.3. The Morgan fingerprint density at radius 2 is 1.79 bits per heavy atom. The summed E-state index contributed by atoms with van der Waals surface area (Å²) >= 11 is 5.72. The second kappa shape index (κ2) is 11.0. The molecule has 1 aliphatic rings. The Morgan fingerprint density at radius 3 is 2.52 bits per heavy atom. The van der Waals surface area contributed by atoms with Crippen molar-refractivity contribution in [3.8, 4) is 11.5 Å². The average Bonchev–Trinajstić information content (AvgIpc) is 3.20. The van der Waals surface area contributed by atoms with Gasteiger partial charge in [-0.15, -0.1) is 0 Å². The zero-order valence-electron chi connectivity index (χ0n) is 16.9. The molecule has 6 nitrogen and oxygen atoms in total. The van der Waals surface area contributed by atoms with E-state index in [9.17, 15) is 0 Å². The highest BCUT2D eigenvalue weighted by atomic mass is 32.1. The van der Waals surface area contributed by atoms with Crippen molar-refractivity contribution in [3.63, 3.8) is 0 Å². The molecule has 0 saturated heterocycles. The maximum Gasteiger partial charge on any atom is 0.231 e. The fourth-order valence-corrected chi connectivity index (χ4v) is 3.35. The van der Waals surface area contributed by atoms with Gasteiger partial charge in [0, 0.05) is 31.5 Å². The number of fused-ring (bicyclic) bond motifs is 1. The third kappa shape index (κ3) is 6.32. The Hall–Kier alpha value is -2.35. The number of hydrogen-bond acceptors (Lipinski definition) is 5. The molecule has 1 aliphatic heterocycles. The van der Waals surface area contributed by atoms with Crippen molar-refractivity contribution in [1.82, 2.24) is 4.90 Å².